The van der Waals surface area contributed by atoms with Crippen LogP contribution >= 0.6 is 0 Å². The number of hydrogen-bond donors (Lipinski definition) is 0. The van der Waals surface area contributed by atoms with Crippen LogP contribution in [0.2, 0.25) is 18.1 Å². The van der Waals surface area contributed by atoms with E-state index >= 15 is 0 Å². The van der Waals surface area contributed by atoms with Crippen LogP contribution in [0.3, 0.4) is 0 Å². The predicted molar refractivity (Wildman–Crippen MR) is 95.1 cm³/mol. The first-order chi connectivity index (χ1) is 10.0. The van der Waals surface area contributed by atoms with Crippen LogP contribution in [0.4, 0.5) is 0 Å². The van der Waals surface area contributed by atoms with Crippen LogP contribution in [0.25, 0.3) is 0 Å². The Morgan fingerprint density at radius 1 is 1.41 bits per heavy atom. The Morgan fingerprint density at radius 2 is 2.09 bits per heavy atom. The maximum Gasteiger partial charge on any atom is 0.249 e. The third-order valence-corrected chi connectivity index (χ3v) is 10.0. The van der Waals surface area contributed by atoms with Crippen molar-refractivity contribution in [1.82, 2.24) is 0 Å². The first kappa shape index (κ1) is 17.3. The monoisotopic (exact) mass is 318 g/mol. The summed E-state index contributed by atoms with van der Waals surface area (Å²) >= 11 is 0. The summed E-state index contributed by atoms with van der Waals surface area (Å²) in [5.74, 6) is 0.638. The minimum absolute atomic E-state index is 0.164. The maximum absolute atomic E-state index is 11.4. The van der Waals surface area contributed by atoms with Gasteiger partial charge in [0.1, 0.15) is 0 Å². The van der Waals surface area contributed by atoms with Gasteiger partial charge in [-0.05, 0) is 55.0 Å². The zero-order valence-electron chi connectivity index (χ0n) is 14.7. The number of allylic oxidation sites excluding steroid dienone is 4. The van der Waals surface area contributed by atoms with Crippen molar-refractivity contribution in [2.75, 3.05) is 0 Å². The molecule has 0 bridgehead atoms. The van der Waals surface area contributed by atoms with Crippen molar-refractivity contribution < 1.29 is 9.22 Å². The molecule has 1 fully saturated rings. The maximum atomic E-state index is 11.4. The van der Waals surface area contributed by atoms with Gasteiger partial charge in [0.2, 0.25) is 8.32 Å². The summed E-state index contributed by atoms with van der Waals surface area (Å²) in [5, 5.41) is 0.220. The first-order valence-corrected chi connectivity index (χ1v) is 11.2. The van der Waals surface area contributed by atoms with E-state index in [1.807, 2.05) is 6.26 Å². The minimum Gasteiger partial charge on any atom is -0.549 e. The molecule has 0 heterocycles. The molecule has 0 radical (unpaired) electrons. The summed E-state index contributed by atoms with van der Waals surface area (Å²) in [4.78, 5) is 11.4. The Bertz CT molecular complexity index is 522. The fraction of sp³-hybridized carbons (Fsp3) is 0.632. The summed E-state index contributed by atoms with van der Waals surface area (Å²) in [6.45, 7) is 15.5. The number of ketones is 1. The number of carbonyl (C=O) groups excluding carboxylic acids is 1. The lowest BCUT2D eigenvalue weighted by Gasteiger charge is -2.35. The minimum atomic E-state index is -1.73. The molecule has 0 saturated heterocycles. The topological polar surface area (TPSA) is 26.3 Å². The molecule has 2 aliphatic carbocycles. The number of carbonyl (C=O) groups is 1. The summed E-state index contributed by atoms with van der Waals surface area (Å²) in [7, 11) is -1.73. The van der Waals surface area contributed by atoms with E-state index in [1.54, 1.807) is 6.08 Å². The fourth-order valence-corrected chi connectivity index (χ4v) is 3.82. The standard InChI is InChI=1S/C19H30O2Si/c1-15-13-19(10-7-17(20)8-11-19)14-16(15)9-12-21-22(5,6)18(2,3)4/h7,9-10,12,16H,1,8,11,13-14H2,2-6H3/b12-9+. The van der Waals surface area contributed by atoms with E-state index in [0.29, 0.717) is 12.3 Å². The molecule has 0 aromatic rings. The molecule has 2 unspecified atom stereocenters. The average molecular weight is 319 g/mol. The Morgan fingerprint density at radius 3 is 2.64 bits per heavy atom. The molecule has 1 saturated carbocycles. The molecule has 3 heteroatoms. The Hall–Kier alpha value is -1.09. The lowest BCUT2D eigenvalue weighted by Crippen LogP contribution is -2.39. The van der Waals surface area contributed by atoms with Gasteiger partial charge in [-0.15, -0.1) is 0 Å². The fourth-order valence-electron chi connectivity index (χ4n) is 3.05. The van der Waals surface area contributed by atoms with E-state index in [0.717, 1.165) is 19.3 Å². The molecule has 2 nitrogen and oxygen atoms in total. The second-order valence-electron chi connectivity index (χ2n) is 8.51. The van der Waals surface area contributed by atoms with Crippen LogP contribution in [0.15, 0.2) is 36.6 Å². The Kier molecular flexibility index (Phi) is 4.58. The summed E-state index contributed by atoms with van der Waals surface area (Å²) in [6, 6.07) is 0. The van der Waals surface area contributed by atoms with Crippen molar-refractivity contribution in [2.24, 2.45) is 11.3 Å². The summed E-state index contributed by atoms with van der Waals surface area (Å²) in [5.41, 5.74) is 1.44. The SMILES string of the molecule is C=C1CC2(C=CC(=O)CC2)CC1/C=C/O[Si](C)(C)C(C)(C)C. The quantitative estimate of drug-likeness (QED) is 0.396. The highest BCUT2D eigenvalue weighted by Crippen LogP contribution is 2.50. The van der Waals surface area contributed by atoms with Crippen molar-refractivity contribution >= 4 is 14.1 Å². The highest BCUT2D eigenvalue weighted by molar-refractivity contribution is 6.74. The first-order valence-electron chi connectivity index (χ1n) is 8.29. The van der Waals surface area contributed by atoms with E-state index < -0.39 is 8.32 Å². The lowest BCUT2D eigenvalue weighted by molar-refractivity contribution is -0.115. The van der Waals surface area contributed by atoms with Gasteiger partial charge in [-0.3, -0.25) is 4.79 Å². The van der Waals surface area contributed by atoms with Gasteiger partial charge in [-0.1, -0.05) is 39.0 Å². The van der Waals surface area contributed by atoms with Crippen LogP contribution in [0, 0.1) is 11.3 Å². The normalized spacial score (nSPS) is 29.8. The molecule has 0 N–H and O–H groups in total. The summed E-state index contributed by atoms with van der Waals surface area (Å²) in [6.07, 6.45) is 11.7. The second kappa shape index (κ2) is 5.84. The van der Waals surface area contributed by atoms with Gasteiger partial charge in [0.05, 0.1) is 6.26 Å². The third kappa shape index (κ3) is 3.62. The lowest BCUT2D eigenvalue weighted by atomic mass is 9.76. The second-order valence-corrected chi connectivity index (χ2v) is 13.3. The molecule has 122 valence electrons. The van der Waals surface area contributed by atoms with E-state index in [-0.39, 0.29) is 16.2 Å². The zero-order valence-corrected chi connectivity index (χ0v) is 15.7. The van der Waals surface area contributed by atoms with Gasteiger partial charge < -0.3 is 4.43 Å². The van der Waals surface area contributed by atoms with E-state index in [9.17, 15) is 4.79 Å². The van der Waals surface area contributed by atoms with Gasteiger partial charge in [0.15, 0.2) is 5.78 Å². The number of hydrogen-bond acceptors (Lipinski definition) is 2. The molecule has 2 aliphatic rings. The van der Waals surface area contributed by atoms with Gasteiger partial charge >= 0.3 is 0 Å². The third-order valence-electron chi connectivity index (χ3n) is 5.70. The highest BCUT2D eigenvalue weighted by Gasteiger charge is 2.41. The highest BCUT2D eigenvalue weighted by atomic mass is 28.4. The largest absolute Gasteiger partial charge is 0.549 e. The van der Waals surface area contributed by atoms with Gasteiger partial charge in [-0.25, -0.2) is 0 Å². The van der Waals surface area contributed by atoms with Gasteiger partial charge in [0, 0.05) is 12.3 Å². The average Bonchev–Trinajstić information content (AvgIpc) is 2.69. The van der Waals surface area contributed by atoms with E-state index in [1.165, 1.54) is 5.57 Å². The Balaban J connectivity index is 2.00. The van der Waals surface area contributed by atoms with E-state index in [4.69, 9.17) is 4.43 Å². The molecule has 1 spiro atoms. The molecule has 2 atom stereocenters. The van der Waals surface area contributed by atoms with Crippen LogP contribution < -0.4 is 0 Å². The van der Waals surface area contributed by atoms with Crippen molar-refractivity contribution in [3.8, 4) is 0 Å². The molecule has 0 aromatic heterocycles. The van der Waals surface area contributed by atoms with Crippen molar-refractivity contribution in [1.29, 1.82) is 0 Å². The van der Waals surface area contributed by atoms with Crippen molar-refractivity contribution in [2.45, 2.75) is 64.6 Å². The smallest absolute Gasteiger partial charge is 0.249 e. The number of rotatable bonds is 3. The van der Waals surface area contributed by atoms with Crippen molar-refractivity contribution in [3.05, 3.63) is 36.6 Å². The zero-order chi connectivity index (χ0) is 16.6. The molecule has 0 aliphatic heterocycles. The van der Waals surface area contributed by atoms with Crippen LogP contribution in [-0.4, -0.2) is 14.1 Å². The van der Waals surface area contributed by atoms with E-state index in [2.05, 4.69) is 52.6 Å². The Labute approximate surface area is 136 Å². The molecule has 0 aromatic carbocycles. The molecule has 22 heavy (non-hydrogen) atoms. The van der Waals surface area contributed by atoms with Crippen LogP contribution in [-0.2, 0) is 9.22 Å². The van der Waals surface area contributed by atoms with Gasteiger partial charge in [0.25, 0.3) is 0 Å². The van der Waals surface area contributed by atoms with Crippen LogP contribution in [0.5, 0.6) is 0 Å². The molecular weight excluding hydrogens is 288 g/mol. The molecule has 2 rings (SSSR count). The van der Waals surface area contributed by atoms with Crippen LogP contribution in [0.1, 0.15) is 46.5 Å². The van der Waals surface area contributed by atoms with Crippen molar-refractivity contribution in [3.63, 3.8) is 0 Å². The summed E-state index contributed by atoms with van der Waals surface area (Å²) < 4.78 is 6.14. The van der Waals surface area contributed by atoms with Gasteiger partial charge in [-0.2, -0.15) is 0 Å². The molecular formula is C19H30O2Si. The predicted octanol–water partition coefficient (Wildman–Crippen LogP) is 5.39. The molecule has 0 amide bonds.